The minimum Gasteiger partial charge on any atom is -0.463 e. The molecule has 1 aromatic heterocycles. The minimum absolute atomic E-state index is 0.107. The van der Waals surface area contributed by atoms with Gasteiger partial charge in [-0.25, -0.2) is 4.79 Å². The van der Waals surface area contributed by atoms with Crippen LogP contribution >= 0.6 is 15.9 Å². The SMILES string of the molecule is COC(=O)c1ccc(C(C)Br)o1. The number of carbonyl (C=O) groups is 1. The van der Waals surface area contributed by atoms with Crippen molar-refractivity contribution in [2.45, 2.75) is 11.8 Å². The van der Waals surface area contributed by atoms with E-state index in [2.05, 4.69) is 20.7 Å². The number of hydrogen-bond acceptors (Lipinski definition) is 3. The molecule has 4 heteroatoms. The number of hydrogen-bond donors (Lipinski definition) is 0. The summed E-state index contributed by atoms with van der Waals surface area (Å²) in [7, 11) is 1.32. The molecule has 0 fully saturated rings. The zero-order valence-electron chi connectivity index (χ0n) is 6.83. The highest BCUT2D eigenvalue weighted by molar-refractivity contribution is 9.09. The average molecular weight is 233 g/mol. The van der Waals surface area contributed by atoms with E-state index in [0.717, 1.165) is 5.76 Å². The van der Waals surface area contributed by atoms with Crippen LogP contribution in [0.5, 0.6) is 0 Å². The quantitative estimate of drug-likeness (QED) is 0.582. The summed E-state index contributed by atoms with van der Waals surface area (Å²) >= 11 is 3.32. The molecule has 1 unspecified atom stereocenters. The highest BCUT2D eigenvalue weighted by Crippen LogP contribution is 2.23. The fraction of sp³-hybridized carbons (Fsp3) is 0.375. The van der Waals surface area contributed by atoms with Crippen LogP contribution in [0.3, 0.4) is 0 Å². The third-order valence-electron chi connectivity index (χ3n) is 1.41. The first kappa shape index (κ1) is 9.32. The average Bonchev–Trinajstić information content (AvgIpc) is 2.51. The van der Waals surface area contributed by atoms with Gasteiger partial charge in [0.2, 0.25) is 5.76 Å². The maximum absolute atomic E-state index is 10.9. The van der Waals surface area contributed by atoms with Gasteiger partial charge in [0, 0.05) is 0 Å². The van der Waals surface area contributed by atoms with Gasteiger partial charge in [-0.15, -0.1) is 0 Å². The van der Waals surface area contributed by atoms with Gasteiger partial charge in [0.15, 0.2) is 0 Å². The summed E-state index contributed by atoms with van der Waals surface area (Å²) in [4.78, 5) is 11.0. The van der Waals surface area contributed by atoms with Crippen molar-refractivity contribution in [3.05, 3.63) is 23.7 Å². The number of furan rings is 1. The Balaban J connectivity index is 2.84. The van der Waals surface area contributed by atoms with Gasteiger partial charge in [0.1, 0.15) is 5.76 Å². The van der Waals surface area contributed by atoms with Gasteiger partial charge in [-0.3, -0.25) is 0 Å². The molecule has 3 nitrogen and oxygen atoms in total. The fourth-order valence-electron chi connectivity index (χ4n) is 0.777. The number of halogens is 1. The first-order chi connectivity index (χ1) is 5.65. The van der Waals surface area contributed by atoms with E-state index in [0.29, 0.717) is 0 Å². The lowest BCUT2D eigenvalue weighted by atomic mass is 10.3. The Kier molecular flexibility index (Phi) is 2.92. The van der Waals surface area contributed by atoms with Gasteiger partial charge < -0.3 is 9.15 Å². The van der Waals surface area contributed by atoms with E-state index in [1.807, 2.05) is 6.92 Å². The predicted molar refractivity (Wildman–Crippen MR) is 47.4 cm³/mol. The lowest BCUT2D eigenvalue weighted by Gasteiger charge is -1.96. The van der Waals surface area contributed by atoms with E-state index < -0.39 is 5.97 Å². The highest BCUT2D eigenvalue weighted by Gasteiger charge is 2.12. The predicted octanol–water partition coefficient (Wildman–Crippen LogP) is 2.52. The van der Waals surface area contributed by atoms with Crippen molar-refractivity contribution in [3.8, 4) is 0 Å². The molecule has 0 spiro atoms. The zero-order chi connectivity index (χ0) is 9.14. The molecular formula is C8H9BrO3. The van der Waals surface area contributed by atoms with Crippen molar-refractivity contribution in [1.82, 2.24) is 0 Å². The second-order valence-electron chi connectivity index (χ2n) is 2.31. The monoisotopic (exact) mass is 232 g/mol. The molecule has 1 heterocycles. The van der Waals surface area contributed by atoms with Crippen LogP contribution in [0.4, 0.5) is 0 Å². The maximum Gasteiger partial charge on any atom is 0.373 e. The molecule has 0 saturated heterocycles. The molecule has 0 N–H and O–H groups in total. The molecule has 0 aliphatic heterocycles. The Bertz CT molecular complexity index is 278. The molecule has 12 heavy (non-hydrogen) atoms. The lowest BCUT2D eigenvalue weighted by molar-refractivity contribution is 0.0563. The molecule has 0 radical (unpaired) electrons. The van der Waals surface area contributed by atoms with Crippen molar-refractivity contribution in [1.29, 1.82) is 0 Å². The first-order valence-corrected chi connectivity index (χ1v) is 4.39. The van der Waals surface area contributed by atoms with Gasteiger partial charge in [-0.2, -0.15) is 0 Å². The summed E-state index contributed by atoms with van der Waals surface area (Å²) in [6.07, 6.45) is 0. The van der Waals surface area contributed by atoms with Crippen molar-refractivity contribution in [2.24, 2.45) is 0 Å². The van der Waals surface area contributed by atoms with E-state index in [9.17, 15) is 4.79 Å². The summed E-state index contributed by atoms with van der Waals surface area (Å²) in [5.41, 5.74) is 0. The van der Waals surface area contributed by atoms with Gasteiger partial charge in [0.25, 0.3) is 0 Å². The number of methoxy groups -OCH3 is 1. The molecular weight excluding hydrogens is 224 g/mol. The maximum atomic E-state index is 10.9. The number of ether oxygens (including phenoxy) is 1. The Labute approximate surface area is 78.8 Å². The largest absolute Gasteiger partial charge is 0.463 e. The smallest absolute Gasteiger partial charge is 0.373 e. The molecule has 66 valence electrons. The van der Waals surface area contributed by atoms with E-state index >= 15 is 0 Å². The first-order valence-electron chi connectivity index (χ1n) is 3.47. The van der Waals surface area contributed by atoms with Gasteiger partial charge in [0.05, 0.1) is 11.9 Å². The Morgan fingerprint density at radius 1 is 1.67 bits per heavy atom. The molecule has 0 saturated carbocycles. The lowest BCUT2D eigenvalue weighted by Crippen LogP contribution is -1.98. The van der Waals surface area contributed by atoms with E-state index in [1.54, 1.807) is 12.1 Å². The second-order valence-corrected chi connectivity index (χ2v) is 3.68. The van der Waals surface area contributed by atoms with Crippen molar-refractivity contribution in [2.75, 3.05) is 7.11 Å². The summed E-state index contributed by atoms with van der Waals surface area (Å²) in [6, 6.07) is 3.34. The van der Waals surface area contributed by atoms with Crippen LogP contribution in [-0.4, -0.2) is 13.1 Å². The summed E-state index contributed by atoms with van der Waals surface area (Å²) in [5.74, 6) is 0.503. The van der Waals surface area contributed by atoms with Crippen LogP contribution in [0.15, 0.2) is 16.5 Å². The molecule has 1 atom stereocenters. The molecule has 0 aromatic carbocycles. The van der Waals surface area contributed by atoms with Crippen LogP contribution < -0.4 is 0 Å². The molecule has 0 aliphatic carbocycles. The van der Waals surface area contributed by atoms with E-state index in [1.165, 1.54) is 7.11 Å². The molecule has 0 bridgehead atoms. The van der Waals surface area contributed by atoms with E-state index in [4.69, 9.17) is 4.42 Å². The number of carbonyl (C=O) groups excluding carboxylic acids is 1. The van der Waals surface area contributed by atoms with Crippen molar-refractivity contribution >= 4 is 21.9 Å². The van der Waals surface area contributed by atoms with Crippen LogP contribution in [0, 0.1) is 0 Å². The Morgan fingerprint density at radius 2 is 2.33 bits per heavy atom. The number of alkyl halides is 1. The van der Waals surface area contributed by atoms with Crippen molar-refractivity contribution in [3.63, 3.8) is 0 Å². The normalized spacial score (nSPS) is 12.6. The minimum atomic E-state index is -0.450. The topological polar surface area (TPSA) is 39.4 Å². The highest BCUT2D eigenvalue weighted by atomic mass is 79.9. The Morgan fingerprint density at radius 3 is 2.75 bits per heavy atom. The summed E-state index contributed by atoms with van der Waals surface area (Å²) in [6.45, 7) is 1.92. The molecule has 0 amide bonds. The second kappa shape index (κ2) is 3.76. The van der Waals surface area contributed by atoms with Crippen LogP contribution in [0.1, 0.15) is 28.1 Å². The zero-order valence-corrected chi connectivity index (χ0v) is 8.42. The van der Waals surface area contributed by atoms with Crippen LogP contribution in [-0.2, 0) is 4.74 Å². The van der Waals surface area contributed by atoms with E-state index in [-0.39, 0.29) is 10.6 Å². The molecule has 0 aliphatic rings. The number of esters is 1. The van der Waals surface area contributed by atoms with Crippen molar-refractivity contribution < 1.29 is 13.9 Å². The molecule has 1 rings (SSSR count). The van der Waals surface area contributed by atoms with Gasteiger partial charge in [-0.1, -0.05) is 15.9 Å². The third kappa shape index (κ3) is 1.88. The third-order valence-corrected chi connectivity index (χ3v) is 1.86. The molecule has 1 aromatic rings. The van der Waals surface area contributed by atoms with Gasteiger partial charge >= 0.3 is 5.97 Å². The fourth-order valence-corrected chi connectivity index (χ4v) is 1.02. The number of rotatable bonds is 2. The van der Waals surface area contributed by atoms with Gasteiger partial charge in [-0.05, 0) is 19.1 Å². The standard InChI is InChI=1S/C8H9BrO3/c1-5(9)6-3-4-7(12-6)8(10)11-2/h3-5H,1-2H3. The van der Waals surface area contributed by atoms with Crippen LogP contribution in [0.25, 0.3) is 0 Å². The summed E-state index contributed by atoms with van der Waals surface area (Å²) < 4.78 is 9.66. The summed E-state index contributed by atoms with van der Waals surface area (Å²) in [5, 5.41) is 0. The van der Waals surface area contributed by atoms with Crippen LogP contribution in [0.2, 0.25) is 0 Å². The Hall–Kier alpha value is -0.770.